The minimum absolute atomic E-state index is 0.233. The molecule has 1 aromatic heterocycles. The first-order chi connectivity index (χ1) is 9.51. The molecule has 0 spiro atoms. The van der Waals surface area contributed by atoms with Crippen LogP contribution in [0.5, 0.6) is 0 Å². The van der Waals surface area contributed by atoms with E-state index in [1.54, 1.807) is 13.0 Å². The highest BCUT2D eigenvalue weighted by Gasteiger charge is 2.23. The Bertz CT molecular complexity index is 462. The van der Waals surface area contributed by atoms with E-state index in [-0.39, 0.29) is 12.0 Å². The van der Waals surface area contributed by atoms with Crippen LogP contribution in [0.2, 0.25) is 0 Å². The first-order valence-corrected chi connectivity index (χ1v) is 7.02. The van der Waals surface area contributed by atoms with Crippen LogP contribution < -0.4 is 11.3 Å². The van der Waals surface area contributed by atoms with Crippen molar-refractivity contribution >= 4 is 5.91 Å². The Labute approximate surface area is 118 Å². The van der Waals surface area contributed by atoms with Crippen LogP contribution in [0.25, 0.3) is 0 Å². The third-order valence-electron chi connectivity index (χ3n) is 4.04. The highest BCUT2D eigenvalue weighted by atomic mass is 16.3. The van der Waals surface area contributed by atoms with Gasteiger partial charge in [0.25, 0.3) is 5.91 Å². The standard InChI is InChI=1S/C14H23N3O3/c1-9(18)11-3-5-17(6-4-11)8-12-7-13(10(2)20-12)14(19)16-15/h7,9,11,18H,3-6,8,15H2,1-2H3,(H,16,19). The first-order valence-electron chi connectivity index (χ1n) is 7.02. The number of hydrogen-bond donors (Lipinski definition) is 3. The summed E-state index contributed by atoms with van der Waals surface area (Å²) in [5.74, 6) is 6.56. The molecule has 112 valence electrons. The number of amides is 1. The van der Waals surface area contributed by atoms with Gasteiger partial charge in [-0.1, -0.05) is 0 Å². The van der Waals surface area contributed by atoms with Gasteiger partial charge >= 0.3 is 0 Å². The SMILES string of the molecule is Cc1oc(CN2CCC(C(C)O)CC2)cc1C(=O)NN. The van der Waals surface area contributed by atoms with Crippen LogP contribution in [0.15, 0.2) is 10.5 Å². The number of aryl methyl sites for hydroxylation is 1. The maximum absolute atomic E-state index is 11.5. The third kappa shape index (κ3) is 3.39. The predicted octanol–water partition coefficient (Wildman–Crippen LogP) is 0.784. The molecule has 1 aliphatic heterocycles. The summed E-state index contributed by atoms with van der Waals surface area (Å²) in [5.41, 5.74) is 2.60. The molecule has 0 radical (unpaired) electrons. The molecule has 1 saturated heterocycles. The molecule has 1 fully saturated rings. The van der Waals surface area contributed by atoms with E-state index in [0.29, 0.717) is 23.8 Å². The summed E-state index contributed by atoms with van der Waals surface area (Å²) in [5, 5.41) is 9.59. The number of carbonyl (C=O) groups excluding carboxylic acids is 1. The third-order valence-corrected chi connectivity index (χ3v) is 4.04. The molecular weight excluding hydrogens is 258 g/mol. The van der Waals surface area contributed by atoms with Gasteiger partial charge in [-0.2, -0.15) is 0 Å². The monoisotopic (exact) mass is 281 g/mol. The molecule has 1 aromatic rings. The molecule has 1 aliphatic rings. The van der Waals surface area contributed by atoms with E-state index in [1.807, 2.05) is 6.92 Å². The number of furan rings is 1. The minimum Gasteiger partial charge on any atom is -0.464 e. The van der Waals surface area contributed by atoms with Crippen LogP contribution in [-0.4, -0.2) is 35.1 Å². The lowest BCUT2D eigenvalue weighted by Crippen LogP contribution is -2.36. The molecule has 20 heavy (non-hydrogen) atoms. The Balaban J connectivity index is 1.93. The Kier molecular flexibility index (Phi) is 4.80. The van der Waals surface area contributed by atoms with Gasteiger partial charge < -0.3 is 9.52 Å². The summed E-state index contributed by atoms with van der Waals surface area (Å²) in [6, 6.07) is 1.75. The average Bonchev–Trinajstić information content (AvgIpc) is 2.79. The summed E-state index contributed by atoms with van der Waals surface area (Å²) in [6.45, 7) is 6.17. The van der Waals surface area contributed by atoms with Crippen molar-refractivity contribution in [2.24, 2.45) is 11.8 Å². The number of carbonyl (C=O) groups is 1. The number of nitrogens with one attached hydrogen (secondary N) is 1. The van der Waals surface area contributed by atoms with Crippen molar-refractivity contribution in [1.29, 1.82) is 0 Å². The summed E-state index contributed by atoms with van der Waals surface area (Å²) in [4.78, 5) is 13.8. The quantitative estimate of drug-likeness (QED) is 0.431. The van der Waals surface area contributed by atoms with Gasteiger partial charge in [-0.25, -0.2) is 5.84 Å². The van der Waals surface area contributed by atoms with Crippen LogP contribution >= 0.6 is 0 Å². The van der Waals surface area contributed by atoms with Gasteiger partial charge in [-0.3, -0.25) is 15.1 Å². The number of rotatable bonds is 4. The lowest BCUT2D eigenvalue weighted by molar-refractivity contribution is 0.0672. The number of hydrogen-bond acceptors (Lipinski definition) is 5. The second kappa shape index (κ2) is 6.39. The van der Waals surface area contributed by atoms with Gasteiger partial charge in [0.2, 0.25) is 0 Å². The number of piperidine rings is 1. The molecule has 1 unspecified atom stereocenters. The maximum Gasteiger partial charge on any atom is 0.268 e. The number of hydrazine groups is 1. The van der Waals surface area contributed by atoms with Crippen LogP contribution in [-0.2, 0) is 6.54 Å². The second-order valence-electron chi connectivity index (χ2n) is 5.51. The first kappa shape index (κ1) is 15.0. The van der Waals surface area contributed by atoms with Gasteiger partial charge in [-0.05, 0) is 51.8 Å². The molecule has 0 bridgehead atoms. The van der Waals surface area contributed by atoms with Gasteiger partial charge in [0, 0.05) is 0 Å². The van der Waals surface area contributed by atoms with E-state index in [9.17, 15) is 9.90 Å². The topological polar surface area (TPSA) is 91.7 Å². The Morgan fingerprint density at radius 2 is 2.25 bits per heavy atom. The minimum atomic E-state index is -0.328. The zero-order valence-corrected chi connectivity index (χ0v) is 12.1. The predicted molar refractivity (Wildman–Crippen MR) is 74.8 cm³/mol. The largest absolute Gasteiger partial charge is 0.464 e. The van der Waals surface area contributed by atoms with E-state index in [1.165, 1.54) is 0 Å². The zero-order valence-electron chi connectivity index (χ0n) is 12.1. The summed E-state index contributed by atoms with van der Waals surface area (Å²) < 4.78 is 5.61. The lowest BCUT2D eigenvalue weighted by atomic mass is 9.92. The summed E-state index contributed by atoms with van der Waals surface area (Å²) >= 11 is 0. The molecule has 0 aliphatic carbocycles. The molecule has 0 saturated carbocycles. The number of nitrogens with zero attached hydrogens (tertiary/aromatic N) is 1. The Hall–Kier alpha value is -1.37. The average molecular weight is 281 g/mol. The van der Waals surface area contributed by atoms with Crippen molar-refractivity contribution in [1.82, 2.24) is 10.3 Å². The van der Waals surface area contributed by atoms with E-state index < -0.39 is 0 Å². The highest BCUT2D eigenvalue weighted by molar-refractivity contribution is 5.94. The van der Waals surface area contributed by atoms with Crippen molar-refractivity contribution < 1.29 is 14.3 Å². The van der Waals surface area contributed by atoms with Gasteiger partial charge in [0.15, 0.2) is 0 Å². The molecule has 6 nitrogen and oxygen atoms in total. The lowest BCUT2D eigenvalue weighted by Gasteiger charge is -2.32. The number of aliphatic hydroxyl groups is 1. The molecule has 1 atom stereocenters. The Morgan fingerprint density at radius 3 is 2.80 bits per heavy atom. The summed E-state index contributed by atoms with van der Waals surface area (Å²) in [7, 11) is 0. The van der Waals surface area contributed by atoms with Gasteiger partial charge in [-0.15, -0.1) is 0 Å². The van der Waals surface area contributed by atoms with E-state index in [2.05, 4.69) is 10.3 Å². The summed E-state index contributed by atoms with van der Waals surface area (Å²) in [6.07, 6.45) is 1.75. The zero-order chi connectivity index (χ0) is 14.7. The van der Waals surface area contributed by atoms with Crippen LogP contribution in [0.1, 0.15) is 41.6 Å². The Morgan fingerprint density at radius 1 is 1.60 bits per heavy atom. The van der Waals surface area contributed by atoms with E-state index >= 15 is 0 Å². The van der Waals surface area contributed by atoms with Crippen molar-refractivity contribution in [2.45, 2.75) is 39.3 Å². The van der Waals surface area contributed by atoms with Gasteiger partial charge in [0.1, 0.15) is 11.5 Å². The number of likely N-dealkylation sites (tertiary alicyclic amines) is 1. The smallest absolute Gasteiger partial charge is 0.268 e. The fourth-order valence-corrected chi connectivity index (χ4v) is 2.74. The molecular formula is C14H23N3O3. The fraction of sp³-hybridized carbons (Fsp3) is 0.643. The molecule has 4 N–H and O–H groups in total. The van der Waals surface area contributed by atoms with Crippen LogP contribution in [0.3, 0.4) is 0 Å². The fourth-order valence-electron chi connectivity index (χ4n) is 2.74. The van der Waals surface area contributed by atoms with Gasteiger partial charge in [0.05, 0.1) is 18.2 Å². The highest BCUT2D eigenvalue weighted by Crippen LogP contribution is 2.23. The van der Waals surface area contributed by atoms with E-state index in [0.717, 1.165) is 31.7 Å². The molecule has 0 aromatic carbocycles. The van der Waals surface area contributed by atoms with Crippen molar-refractivity contribution in [3.05, 3.63) is 23.2 Å². The van der Waals surface area contributed by atoms with Crippen molar-refractivity contribution in [2.75, 3.05) is 13.1 Å². The number of nitrogen functional groups attached to an aromatic ring is 1. The maximum atomic E-state index is 11.5. The molecule has 2 rings (SSSR count). The van der Waals surface area contributed by atoms with Crippen LogP contribution in [0.4, 0.5) is 0 Å². The van der Waals surface area contributed by atoms with Crippen molar-refractivity contribution in [3.8, 4) is 0 Å². The normalized spacial score (nSPS) is 19.0. The number of nitrogens with two attached hydrogens (primary N) is 1. The molecule has 1 amide bonds. The van der Waals surface area contributed by atoms with Crippen molar-refractivity contribution in [3.63, 3.8) is 0 Å². The number of aliphatic hydroxyl groups excluding tert-OH is 1. The molecule has 6 heteroatoms. The van der Waals surface area contributed by atoms with E-state index in [4.69, 9.17) is 10.3 Å². The molecule has 2 heterocycles. The van der Waals surface area contributed by atoms with Crippen LogP contribution in [0, 0.1) is 12.8 Å². The second-order valence-corrected chi connectivity index (χ2v) is 5.51.